The van der Waals surface area contributed by atoms with Gasteiger partial charge in [0.25, 0.3) is 5.56 Å². The SMILES string of the molecule is CCn1c(NCCN)cc(=O)n(CC)c1=O. The summed E-state index contributed by atoms with van der Waals surface area (Å²) in [4.78, 5) is 23.5. The monoisotopic (exact) mass is 226 g/mol. The standard InChI is InChI=1S/C10H18N4O2/c1-3-13-8(12-6-5-11)7-9(15)14(4-2)10(13)16/h7,12H,3-6,11H2,1-2H3. The molecule has 0 saturated carbocycles. The van der Waals surface area contributed by atoms with E-state index in [0.717, 1.165) is 0 Å². The fourth-order valence-corrected chi connectivity index (χ4v) is 1.56. The predicted molar refractivity (Wildman–Crippen MR) is 63.9 cm³/mol. The first-order valence-corrected chi connectivity index (χ1v) is 5.44. The van der Waals surface area contributed by atoms with Gasteiger partial charge in [0, 0.05) is 32.2 Å². The van der Waals surface area contributed by atoms with Gasteiger partial charge in [-0.3, -0.25) is 13.9 Å². The minimum Gasteiger partial charge on any atom is -0.370 e. The molecule has 0 unspecified atom stereocenters. The molecule has 0 aliphatic carbocycles. The largest absolute Gasteiger partial charge is 0.370 e. The van der Waals surface area contributed by atoms with Gasteiger partial charge in [0.15, 0.2) is 0 Å². The first-order chi connectivity index (χ1) is 7.65. The number of nitrogens with one attached hydrogen (secondary N) is 1. The Morgan fingerprint density at radius 3 is 2.38 bits per heavy atom. The summed E-state index contributed by atoms with van der Waals surface area (Å²) in [6, 6.07) is 1.43. The highest BCUT2D eigenvalue weighted by atomic mass is 16.2. The van der Waals surface area contributed by atoms with Crippen LogP contribution >= 0.6 is 0 Å². The van der Waals surface area contributed by atoms with Gasteiger partial charge in [-0.25, -0.2) is 4.79 Å². The molecule has 0 aromatic carbocycles. The van der Waals surface area contributed by atoms with Gasteiger partial charge in [-0.15, -0.1) is 0 Å². The minimum absolute atomic E-state index is 0.281. The minimum atomic E-state index is -0.281. The molecule has 1 aromatic heterocycles. The van der Waals surface area contributed by atoms with Crippen LogP contribution < -0.4 is 22.3 Å². The molecule has 0 amide bonds. The molecule has 0 atom stereocenters. The molecule has 3 N–H and O–H groups in total. The Kier molecular flexibility index (Phi) is 4.30. The second-order valence-electron chi connectivity index (χ2n) is 3.35. The Bertz CT molecular complexity index is 461. The first-order valence-electron chi connectivity index (χ1n) is 5.44. The lowest BCUT2D eigenvalue weighted by Gasteiger charge is -2.13. The van der Waals surface area contributed by atoms with Crippen molar-refractivity contribution in [2.75, 3.05) is 18.4 Å². The van der Waals surface area contributed by atoms with E-state index in [2.05, 4.69) is 5.32 Å². The molecular formula is C10H18N4O2. The van der Waals surface area contributed by atoms with Crippen LogP contribution in [0.5, 0.6) is 0 Å². The Labute approximate surface area is 93.7 Å². The molecule has 0 saturated heterocycles. The van der Waals surface area contributed by atoms with Crippen molar-refractivity contribution in [1.29, 1.82) is 0 Å². The zero-order chi connectivity index (χ0) is 12.1. The maximum Gasteiger partial charge on any atom is 0.332 e. The molecule has 0 radical (unpaired) electrons. The number of nitrogens with zero attached hydrogens (tertiary/aromatic N) is 2. The lowest BCUT2D eigenvalue weighted by molar-refractivity contribution is 0.591. The van der Waals surface area contributed by atoms with Crippen molar-refractivity contribution in [3.8, 4) is 0 Å². The molecule has 6 nitrogen and oxygen atoms in total. The maximum absolute atomic E-state index is 11.9. The van der Waals surface area contributed by atoms with E-state index >= 15 is 0 Å². The summed E-state index contributed by atoms with van der Waals surface area (Å²) in [5.74, 6) is 0.535. The highest BCUT2D eigenvalue weighted by molar-refractivity contribution is 5.34. The highest BCUT2D eigenvalue weighted by Gasteiger charge is 2.07. The van der Waals surface area contributed by atoms with E-state index in [1.54, 1.807) is 6.92 Å². The van der Waals surface area contributed by atoms with Gasteiger partial charge in [-0.05, 0) is 13.8 Å². The van der Waals surface area contributed by atoms with Crippen molar-refractivity contribution < 1.29 is 0 Å². The molecule has 0 fully saturated rings. The van der Waals surface area contributed by atoms with Crippen molar-refractivity contribution in [3.05, 3.63) is 26.9 Å². The molecule has 1 heterocycles. The van der Waals surface area contributed by atoms with Gasteiger partial charge >= 0.3 is 5.69 Å². The average molecular weight is 226 g/mol. The van der Waals surface area contributed by atoms with Gasteiger partial charge < -0.3 is 11.1 Å². The summed E-state index contributed by atoms with van der Waals surface area (Å²) < 4.78 is 2.73. The van der Waals surface area contributed by atoms with Crippen LogP contribution in [0.25, 0.3) is 0 Å². The Morgan fingerprint density at radius 1 is 1.25 bits per heavy atom. The van der Waals surface area contributed by atoms with Crippen molar-refractivity contribution >= 4 is 5.82 Å². The third kappa shape index (κ3) is 2.33. The number of hydrogen-bond acceptors (Lipinski definition) is 4. The fourth-order valence-electron chi connectivity index (χ4n) is 1.56. The fraction of sp³-hybridized carbons (Fsp3) is 0.600. The number of rotatable bonds is 5. The van der Waals surface area contributed by atoms with Crippen molar-refractivity contribution in [1.82, 2.24) is 9.13 Å². The summed E-state index contributed by atoms with van der Waals surface area (Å²) in [5, 5.41) is 2.97. The molecule has 6 heteroatoms. The van der Waals surface area contributed by atoms with Crippen LogP contribution in [0.4, 0.5) is 5.82 Å². The van der Waals surface area contributed by atoms with Crippen molar-refractivity contribution in [2.45, 2.75) is 26.9 Å². The van der Waals surface area contributed by atoms with Crippen LogP contribution in [0.1, 0.15) is 13.8 Å². The molecule has 16 heavy (non-hydrogen) atoms. The van der Waals surface area contributed by atoms with Gasteiger partial charge in [-0.1, -0.05) is 0 Å². The molecule has 1 aromatic rings. The lowest BCUT2D eigenvalue weighted by Crippen LogP contribution is -2.40. The Hall–Kier alpha value is -1.56. The second-order valence-corrected chi connectivity index (χ2v) is 3.35. The smallest absolute Gasteiger partial charge is 0.332 e. The summed E-state index contributed by atoms with van der Waals surface area (Å²) in [6.45, 7) is 5.53. The van der Waals surface area contributed by atoms with E-state index in [4.69, 9.17) is 5.73 Å². The molecule has 90 valence electrons. The summed E-state index contributed by atoms with van der Waals surface area (Å²) in [5.41, 5.74) is 4.81. The van der Waals surface area contributed by atoms with E-state index in [1.807, 2.05) is 6.92 Å². The van der Waals surface area contributed by atoms with Crippen LogP contribution in [0, 0.1) is 0 Å². The van der Waals surface area contributed by atoms with E-state index in [1.165, 1.54) is 15.2 Å². The van der Waals surface area contributed by atoms with Gasteiger partial charge in [-0.2, -0.15) is 0 Å². The number of hydrogen-bond donors (Lipinski definition) is 2. The highest BCUT2D eigenvalue weighted by Crippen LogP contribution is 1.99. The number of aromatic nitrogens is 2. The topological polar surface area (TPSA) is 82.1 Å². The third-order valence-electron chi connectivity index (χ3n) is 2.36. The van der Waals surface area contributed by atoms with E-state index in [0.29, 0.717) is 32.0 Å². The Balaban J connectivity index is 3.30. The van der Waals surface area contributed by atoms with Crippen LogP contribution in [0.3, 0.4) is 0 Å². The van der Waals surface area contributed by atoms with Crippen LogP contribution in [0.15, 0.2) is 15.7 Å². The molecule has 0 aliphatic heterocycles. The van der Waals surface area contributed by atoms with Crippen molar-refractivity contribution in [3.63, 3.8) is 0 Å². The third-order valence-corrected chi connectivity index (χ3v) is 2.36. The molecule has 0 bridgehead atoms. The summed E-state index contributed by atoms with van der Waals surface area (Å²) in [6.07, 6.45) is 0. The van der Waals surface area contributed by atoms with Gasteiger partial charge in [0.2, 0.25) is 0 Å². The number of nitrogens with two attached hydrogens (primary N) is 1. The van der Waals surface area contributed by atoms with E-state index < -0.39 is 0 Å². The maximum atomic E-state index is 11.9. The normalized spacial score (nSPS) is 10.4. The first kappa shape index (κ1) is 12.5. The van der Waals surface area contributed by atoms with E-state index in [9.17, 15) is 9.59 Å². The molecule has 1 rings (SSSR count). The molecular weight excluding hydrogens is 208 g/mol. The average Bonchev–Trinajstić information content (AvgIpc) is 2.26. The zero-order valence-electron chi connectivity index (χ0n) is 9.69. The quantitative estimate of drug-likeness (QED) is 0.703. The van der Waals surface area contributed by atoms with Crippen molar-refractivity contribution in [2.24, 2.45) is 5.73 Å². The zero-order valence-corrected chi connectivity index (χ0v) is 9.69. The van der Waals surface area contributed by atoms with E-state index in [-0.39, 0.29) is 11.2 Å². The second kappa shape index (κ2) is 5.50. The van der Waals surface area contributed by atoms with Gasteiger partial charge in [0.05, 0.1) is 0 Å². The molecule has 0 aliphatic rings. The summed E-state index contributed by atoms with van der Waals surface area (Å²) >= 11 is 0. The van der Waals surface area contributed by atoms with Crippen LogP contribution in [-0.4, -0.2) is 22.2 Å². The predicted octanol–water partition coefficient (Wildman–Crippen LogP) is -0.580. The lowest BCUT2D eigenvalue weighted by atomic mass is 10.4. The van der Waals surface area contributed by atoms with Crippen LogP contribution in [0.2, 0.25) is 0 Å². The Morgan fingerprint density at radius 2 is 1.88 bits per heavy atom. The van der Waals surface area contributed by atoms with Crippen LogP contribution in [-0.2, 0) is 13.1 Å². The number of anilines is 1. The molecule has 0 spiro atoms. The summed E-state index contributed by atoms with van der Waals surface area (Å²) in [7, 11) is 0. The van der Waals surface area contributed by atoms with Gasteiger partial charge in [0.1, 0.15) is 5.82 Å².